The van der Waals surface area contributed by atoms with Crippen molar-refractivity contribution in [2.75, 3.05) is 0 Å². The Morgan fingerprint density at radius 3 is 2.23 bits per heavy atom. The van der Waals surface area contributed by atoms with Gasteiger partial charge in [-0.05, 0) is 39.2 Å². The lowest BCUT2D eigenvalue weighted by Gasteiger charge is -2.13. The van der Waals surface area contributed by atoms with E-state index in [2.05, 4.69) is 70.5 Å². The molecule has 0 heterocycles. The summed E-state index contributed by atoms with van der Waals surface area (Å²) in [5.41, 5.74) is 2.21. The largest absolute Gasteiger partial charge is 0.0836 e. The van der Waals surface area contributed by atoms with Crippen molar-refractivity contribution in [3.05, 3.63) is 82.3 Å². The number of hydrogen-bond acceptors (Lipinski definition) is 0. The van der Waals surface area contributed by atoms with E-state index in [9.17, 15) is 0 Å². The van der Waals surface area contributed by atoms with Crippen molar-refractivity contribution in [3.8, 4) is 11.1 Å². The van der Waals surface area contributed by atoms with Crippen LogP contribution in [0.2, 0.25) is 5.02 Å². The van der Waals surface area contributed by atoms with Crippen molar-refractivity contribution in [2.24, 2.45) is 0 Å². The molecular formula is C20H12BrCl. The second-order valence-electron chi connectivity index (χ2n) is 5.29. The standard InChI is InChI=1S/C20H12BrCl/c21-17-8-4-3-7-16(17)20-18(22)12-11-14-10-9-13-5-1-2-6-15(13)19(14)20/h1-12H. The van der Waals surface area contributed by atoms with Crippen molar-refractivity contribution >= 4 is 49.1 Å². The summed E-state index contributed by atoms with van der Waals surface area (Å²) < 4.78 is 1.05. The number of halogens is 2. The molecule has 4 aromatic carbocycles. The number of rotatable bonds is 1. The average Bonchev–Trinajstić information content (AvgIpc) is 2.55. The third-order valence-corrected chi connectivity index (χ3v) is 5.01. The molecule has 0 saturated carbocycles. The molecule has 4 rings (SSSR count). The van der Waals surface area contributed by atoms with Gasteiger partial charge in [-0.25, -0.2) is 0 Å². The normalized spacial score (nSPS) is 11.2. The molecule has 0 radical (unpaired) electrons. The van der Waals surface area contributed by atoms with Crippen LogP contribution in [0.3, 0.4) is 0 Å². The van der Waals surface area contributed by atoms with E-state index in [1.165, 1.54) is 21.5 Å². The zero-order valence-electron chi connectivity index (χ0n) is 11.7. The fourth-order valence-electron chi connectivity index (χ4n) is 3.00. The lowest BCUT2D eigenvalue weighted by Crippen LogP contribution is -1.86. The summed E-state index contributed by atoms with van der Waals surface area (Å²) in [4.78, 5) is 0. The van der Waals surface area contributed by atoms with Crippen LogP contribution in [-0.4, -0.2) is 0 Å². The van der Waals surface area contributed by atoms with Gasteiger partial charge in [0.25, 0.3) is 0 Å². The second kappa shape index (κ2) is 5.42. The lowest BCUT2D eigenvalue weighted by atomic mass is 9.94. The molecular weight excluding hydrogens is 356 g/mol. The molecule has 0 amide bonds. The minimum Gasteiger partial charge on any atom is -0.0836 e. The molecule has 22 heavy (non-hydrogen) atoms. The predicted molar refractivity (Wildman–Crippen MR) is 99.6 cm³/mol. The van der Waals surface area contributed by atoms with Crippen LogP contribution < -0.4 is 0 Å². The molecule has 0 spiro atoms. The maximum absolute atomic E-state index is 6.59. The first-order valence-corrected chi connectivity index (χ1v) is 8.27. The van der Waals surface area contributed by atoms with Gasteiger partial charge in [0.2, 0.25) is 0 Å². The Labute approximate surface area is 142 Å². The molecule has 0 atom stereocenters. The van der Waals surface area contributed by atoms with Crippen molar-refractivity contribution < 1.29 is 0 Å². The topological polar surface area (TPSA) is 0 Å². The number of fused-ring (bicyclic) bond motifs is 3. The van der Waals surface area contributed by atoms with Gasteiger partial charge in [0.1, 0.15) is 0 Å². The van der Waals surface area contributed by atoms with Crippen molar-refractivity contribution in [1.82, 2.24) is 0 Å². The van der Waals surface area contributed by atoms with E-state index in [-0.39, 0.29) is 0 Å². The molecule has 0 unspecified atom stereocenters. The van der Waals surface area contributed by atoms with Crippen LogP contribution in [0.25, 0.3) is 32.7 Å². The van der Waals surface area contributed by atoms with E-state index in [1.807, 2.05) is 18.2 Å². The van der Waals surface area contributed by atoms with Crippen molar-refractivity contribution in [1.29, 1.82) is 0 Å². The quantitative estimate of drug-likeness (QED) is 0.315. The highest BCUT2D eigenvalue weighted by Crippen LogP contribution is 2.41. The smallest absolute Gasteiger partial charge is 0.0491 e. The molecule has 0 aliphatic heterocycles. The first-order chi connectivity index (χ1) is 10.8. The summed E-state index contributed by atoms with van der Waals surface area (Å²) in [6.07, 6.45) is 0. The summed E-state index contributed by atoms with van der Waals surface area (Å²) in [5, 5.41) is 5.64. The molecule has 0 nitrogen and oxygen atoms in total. The van der Waals surface area contributed by atoms with Gasteiger partial charge in [0, 0.05) is 15.1 Å². The molecule has 2 heteroatoms. The molecule has 0 saturated heterocycles. The van der Waals surface area contributed by atoms with Crippen molar-refractivity contribution in [2.45, 2.75) is 0 Å². The monoisotopic (exact) mass is 366 g/mol. The van der Waals surface area contributed by atoms with Crippen molar-refractivity contribution in [3.63, 3.8) is 0 Å². The van der Waals surface area contributed by atoms with Gasteiger partial charge in [0.05, 0.1) is 0 Å². The predicted octanol–water partition coefficient (Wildman–Crippen LogP) is 7.08. The molecule has 4 aromatic rings. The average molecular weight is 368 g/mol. The summed E-state index contributed by atoms with van der Waals surface area (Å²) >= 11 is 10.2. The highest BCUT2D eigenvalue weighted by atomic mass is 79.9. The summed E-state index contributed by atoms with van der Waals surface area (Å²) in [7, 11) is 0. The Hall–Kier alpha value is -1.83. The first-order valence-electron chi connectivity index (χ1n) is 7.10. The fraction of sp³-hybridized carbons (Fsp3) is 0. The molecule has 0 aliphatic rings. The van der Waals surface area contributed by atoms with Crippen LogP contribution in [0.4, 0.5) is 0 Å². The van der Waals surface area contributed by atoms with Crippen LogP contribution in [0.5, 0.6) is 0 Å². The van der Waals surface area contributed by atoms with E-state index in [0.29, 0.717) is 0 Å². The van der Waals surface area contributed by atoms with Gasteiger partial charge < -0.3 is 0 Å². The minimum atomic E-state index is 0.774. The molecule has 0 fully saturated rings. The van der Waals surface area contributed by atoms with E-state index in [0.717, 1.165) is 20.6 Å². The molecule has 0 aliphatic carbocycles. The highest BCUT2D eigenvalue weighted by Gasteiger charge is 2.13. The minimum absolute atomic E-state index is 0.774. The van der Waals surface area contributed by atoms with E-state index in [1.54, 1.807) is 0 Å². The Morgan fingerprint density at radius 1 is 0.682 bits per heavy atom. The number of benzene rings is 4. The van der Waals surface area contributed by atoms with E-state index in [4.69, 9.17) is 11.6 Å². The Morgan fingerprint density at radius 2 is 1.36 bits per heavy atom. The maximum Gasteiger partial charge on any atom is 0.0491 e. The zero-order valence-corrected chi connectivity index (χ0v) is 14.0. The van der Waals surface area contributed by atoms with Gasteiger partial charge in [0.15, 0.2) is 0 Å². The first kappa shape index (κ1) is 13.8. The fourth-order valence-corrected chi connectivity index (χ4v) is 3.74. The van der Waals surface area contributed by atoms with Gasteiger partial charge in [-0.15, -0.1) is 0 Å². The Bertz CT molecular complexity index is 1000. The summed E-state index contributed by atoms with van der Waals surface area (Å²) in [6.45, 7) is 0. The highest BCUT2D eigenvalue weighted by molar-refractivity contribution is 9.10. The van der Waals surface area contributed by atoms with Crippen LogP contribution in [0.1, 0.15) is 0 Å². The van der Waals surface area contributed by atoms with Crippen LogP contribution in [0, 0.1) is 0 Å². The third kappa shape index (κ3) is 2.13. The van der Waals surface area contributed by atoms with Crippen LogP contribution in [0.15, 0.2) is 77.3 Å². The Balaban J connectivity index is 2.24. The molecule has 0 bridgehead atoms. The zero-order chi connectivity index (χ0) is 15.1. The second-order valence-corrected chi connectivity index (χ2v) is 6.55. The number of hydrogen-bond donors (Lipinski definition) is 0. The van der Waals surface area contributed by atoms with E-state index < -0.39 is 0 Å². The Kier molecular flexibility index (Phi) is 3.40. The SMILES string of the molecule is Clc1ccc2ccc3ccccc3c2c1-c1ccccc1Br. The maximum atomic E-state index is 6.59. The molecule has 0 N–H and O–H groups in total. The summed E-state index contributed by atoms with van der Waals surface area (Å²) in [6, 6.07) is 25.0. The van der Waals surface area contributed by atoms with Crippen LogP contribution >= 0.6 is 27.5 Å². The summed E-state index contributed by atoms with van der Waals surface area (Å²) in [5.74, 6) is 0. The molecule has 0 aromatic heterocycles. The van der Waals surface area contributed by atoms with Gasteiger partial charge in [-0.2, -0.15) is 0 Å². The van der Waals surface area contributed by atoms with Crippen LogP contribution in [-0.2, 0) is 0 Å². The molecule has 106 valence electrons. The van der Waals surface area contributed by atoms with Gasteiger partial charge >= 0.3 is 0 Å². The van der Waals surface area contributed by atoms with E-state index >= 15 is 0 Å². The lowest BCUT2D eigenvalue weighted by molar-refractivity contribution is 1.61. The third-order valence-electron chi connectivity index (χ3n) is 4.00. The van der Waals surface area contributed by atoms with Gasteiger partial charge in [-0.3, -0.25) is 0 Å². The van der Waals surface area contributed by atoms with Gasteiger partial charge in [-0.1, -0.05) is 88.2 Å².